The predicted molar refractivity (Wildman–Crippen MR) is 110 cm³/mol. The second kappa shape index (κ2) is 8.27. The summed E-state index contributed by atoms with van der Waals surface area (Å²) in [4.78, 5) is 2.52. The molecule has 0 aromatic heterocycles. The third kappa shape index (κ3) is 4.39. The van der Waals surface area contributed by atoms with Crippen molar-refractivity contribution in [1.29, 1.82) is 0 Å². The SMILES string of the molecule is CCC(C)Cc1ccc(N2CCCC[C@H]2c2ccc(C)cc2)c(Cl)c1. The summed E-state index contributed by atoms with van der Waals surface area (Å²) in [6.45, 7) is 7.79. The van der Waals surface area contributed by atoms with Crippen molar-refractivity contribution in [3.05, 3.63) is 64.2 Å². The van der Waals surface area contributed by atoms with Gasteiger partial charge in [-0.15, -0.1) is 0 Å². The molecule has 0 saturated carbocycles. The van der Waals surface area contributed by atoms with Crippen LogP contribution in [0.3, 0.4) is 0 Å². The summed E-state index contributed by atoms with van der Waals surface area (Å²) in [5.74, 6) is 0.706. The highest BCUT2D eigenvalue weighted by molar-refractivity contribution is 6.33. The summed E-state index contributed by atoms with van der Waals surface area (Å²) in [7, 11) is 0. The fourth-order valence-corrected chi connectivity index (χ4v) is 4.12. The number of piperidine rings is 1. The van der Waals surface area contributed by atoms with E-state index in [1.165, 1.54) is 48.1 Å². The number of hydrogen-bond acceptors (Lipinski definition) is 1. The van der Waals surface area contributed by atoms with Crippen LogP contribution in [0.4, 0.5) is 5.69 Å². The molecule has 2 heteroatoms. The van der Waals surface area contributed by atoms with E-state index in [1.807, 2.05) is 0 Å². The lowest BCUT2D eigenvalue weighted by atomic mass is 9.93. The minimum absolute atomic E-state index is 0.437. The molecule has 1 fully saturated rings. The highest BCUT2D eigenvalue weighted by Gasteiger charge is 2.25. The zero-order valence-electron chi connectivity index (χ0n) is 15.8. The lowest BCUT2D eigenvalue weighted by Crippen LogP contribution is -2.33. The smallest absolute Gasteiger partial charge is 0.0642 e. The lowest BCUT2D eigenvalue weighted by molar-refractivity contribution is 0.473. The van der Waals surface area contributed by atoms with Gasteiger partial charge in [-0.1, -0.05) is 67.8 Å². The van der Waals surface area contributed by atoms with Crippen molar-refractivity contribution in [2.24, 2.45) is 5.92 Å². The van der Waals surface area contributed by atoms with E-state index in [0.29, 0.717) is 12.0 Å². The van der Waals surface area contributed by atoms with Crippen molar-refractivity contribution in [3.63, 3.8) is 0 Å². The number of halogens is 1. The van der Waals surface area contributed by atoms with Gasteiger partial charge in [0.25, 0.3) is 0 Å². The summed E-state index contributed by atoms with van der Waals surface area (Å²) in [6.07, 6.45) is 6.05. The van der Waals surface area contributed by atoms with Gasteiger partial charge in [0.15, 0.2) is 0 Å². The third-order valence-corrected chi connectivity index (χ3v) is 5.87. The molecule has 3 rings (SSSR count). The first kappa shape index (κ1) is 18.3. The maximum atomic E-state index is 6.73. The Labute approximate surface area is 158 Å². The van der Waals surface area contributed by atoms with Gasteiger partial charge in [0, 0.05) is 6.54 Å². The van der Waals surface area contributed by atoms with Crippen LogP contribution in [0.5, 0.6) is 0 Å². The summed E-state index contributed by atoms with van der Waals surface area (Å²) >= 11 is 6.73. The summed E-state index contributed by atoms with van der Waals surface area (Å²) in [5.41, 5.74) is 5.27. The number of aryl methyl sites for hydroxylation is 1. The first-order valence-electron chi connectivity index (χ1n) is 9.70. The van der Waals surface area contributed by atoms with Crippen LogP contribution in [0.15, 0.2) is 42.5 Å². The highest BCUT2D eigenvalue weighted by atomic mass is 35.5. The van der Waals surface area contributed by atoms with Gasteiger partial charge in [0.1, 0.15) is 0 Å². The molecule has 0 amide bonds. The first-order valence-corrected chi connectivity index (χ1v) is 10.1. The lowest BCUT2D eigenvalue weighted by Gasteiger charge is -2.38. The Kier molecular flexibility index (Phi) is 6.06. The molecule has 1 saturated heterocycles. The van der Waals surface area contributed by atoms with Crippen LogP contribution in [-0.2, 0) is 6.42 Å². The number of rotatable bonds is 5. The molecule has 2 atom stereocenters. The molecule has 2 aromatic carbocycles. The van der Waals surface area contributed by atoms with Gasteiger partial charge in [-0.3, -0.25) is 0 Å². The molecule has 0 aliphatic carbocycles. The summed E-state index contributed by atoms with van der Waals surface area (Å²) < 4.78 is 0. The Balaban J connectivity index is 1.86. The summed E-state index contributed by atoms with van der Waals surface area (Å²) in [6, 6.07) is 16.1. The van der Waals surface area contributed by atoms with Gasteiger partial charge in [-0.2, -0.15) is 0 Å². The van der Waals surface area contributed by atoms with Crippen LogP contribution in [0, 0.1) is 12.8 Å². The van der Waals surface area contributed by atoms with Crippen molar-refractivity contribution in [2.75, 3.05) is 11.4 Å². The van der Waals surface area contributed by atoms with E-state index in [-0.39, 0.29) is 0 Å². The van der Waals surface area contributed by atoms with Gasteiger partial charge in [0.2, 0.25) is 0 Å². The maximum absolute atomic E-state index is 6.73. The van der Waals surface area contributed by atoms with Crippen molar-refractivity contribution in [2.45, 2.75) is 58.9 Å². The fourth-order valence-electron chi connectivity index (χ4n) is 3.81. The maximum Gasteiger partial charge on any atom is 0.0642 e. The number of hydrogen-bond donors (Lipinski definition) is 0. The zero-order chi connectivity index (χ0) is 17.8. The third-order valence-electron chi connectivity index (χ3n) is 5.57. The topological polar surface area (TPSA) is 3.24 Å². The van der Waals surface area contributed by atoms with Crippen LogP contribution in [0.2, 0.25) is 5.02 Å². The molecule has 25 heavy (non-hydrogen) atoms. The van der Waals surface area contributed by atoms with E-state index >= 15 is 0 Å². The Morgan fingerprint density at radius 3 is 2.56 bits per heavy atom. The Morgan fingerprint density at radius 1 is 1.12 bits per heavy atom. The van der Waals surface area contributed by atoms with E-state index < -0.39 is 0 Å². The highest BCUT2D eigenvalue weighted by Crippen LogP contribution is 2.39. The average Bonchev–Trinajstić information content (AvgIpc) is 2.62. The van der Waals surface area contributed by atoms with Crippen LogP contribution in [0.25, 0.3) is 0 Å². The standard InChI is InChI=1S/C23H30ClN/c1-4-17(2)15-19-10-13-23(21(24)16-19)25-14-6-5-7-22(25)20-11-8-18(3)9-12-20/h8-13,16-17,22H,4-7,14-15H2,1-3H3/t17?,22-/m0/s1. The first-order chi connectivity index (χ1) is 12.1. The quantitative estimate of drug-likeness (QED) is 0.559. The van der Waals surface area contributed by atoms with E-state index in [1.54, 1.807) is 0 Å². The fraction of sp³-hybridized carbons (Fsp3) is 0.478. The van der Waals surface area contributed by atoms with Gasteiger partial charge < -0.3 is 4.90 Å². The molecular weight excluding hydrogens is 326 g/mol. The predicted octanol–water partition coefficient (Wildman–Crippen LogP) is 6.97. The van der Waals surface area contributed by atoms with Gasteiger partial charge in [0.05, 0.1) is 16.8 Å². The molecule has 0 spiro atoms. The van der Waals surface area contributed by atoms with Crippen molar-refractivity contribution in [1.82, 2.24) is 0 Å². The van der Waals surface area contributed by atoms with Crippen LogP contribution < -0.4 is 4.90 Å². The largest absolute Gasteiger partial charge is 0.363 e. The Bertz CT molecular complexity index is 692. The molecule has 1 nitrogen and oxygen atoms in total. The molecule has 0 bridgehead atoms. The monoisotopic (exact) mass is 355 g/mol. The number of anilines is 1. The second-order valence-electron chi connectivity index (χ2n) is 7.62. The van der Waals surface area contributed by atoms with E-state index in [0.717, 1.165) is 18.0 Å². The second-order valence-corrected chi connectivity index (χ2v) is 8.03. The van der Waals surface area contributed by atoms with Gasteiger partial charge >= 0.3 is 0 Å². The minimum Gasteiger partial charge on any atom is -0.363 e. The van der Waals surface area contributed by atoms with E-state index in [4.69, 9.17) is 11.6 Å². The normalized spacial score (nSPS) is 19.0. The summed E-state index contributed by atoms with van der Waals surface area (Å²) in [5, 5.41) is 0.903. The molecular formula is C23H30ClN. The average molecular weight is 356 g/mol. The molecule has 1 heterocycles. The number of nitrogens with zero attached hydrogens (tertiary/aromatic N) is 1. The molecule has 1 aliphatic heterocycles. The zero-order valence-corrected chi connectivity index (χ0v) is 16.5. The molecule has 0 radical (unpaired) electrons. The molecule has 1 aliphatic rings. The van der Waals surface area contributed by atoms with E-state index in [9.17, 15) is 0 Å². The molecule has 134 valence electrons. The van der Waals surface area contributed by atoms with Crippen molar-refractivity contribution >= 4 is 17.3 Å². The van der Waals surface area contributed by atoms with Crippen molar-refractivity contribution < 1.29 is 0 Å². The molecule has 2 aromatic rings. The van der Waals surface area contributed by atoms with Gasteiger partial charge in [-0.25, -0.2) is 0 Å². The van der Waals surface area contributed by atoms with E-state index in [2.05, 4.69) is 68.1 Å². The van der Waals surface area contributed by atoms with Crippen LogP contribution >= 0.6 is 11.6 Å². The molecule has 0 N–H and O–H groups in total. The van der Waals surface area contributed by atoms with Crippen LogP contribution in [-0.4, -0.2) is 6.54 Å². The Hall–Kier alpha value is -1.47. The van der Waals surface area contributed by atoms with Gasteiger partial charge in [-0.05, 0) is 61.8 Å². The van der Waals surface area contributed by atoms with Crippen molar-refractivity contribution in [3.8, 4) is 0 Å². The minimum atomic E-state index is 0.437. The Morgan fingerprint density at radius 2 is 1.88 bits per heavy atom. The molecule has 1 unspecified atom stereocenters. The van der Waals surface area contributed by atoms with Crippen LogP contribution in [0.1, 0.15) is 62.3 Å². The number of benzene rings is 2.